The lowest BCUT2D eigenvalue weighted by Gasteiger charge is -2.16. The molecule has 1 aliphatic rings. The minimum absolute atomic E-state index is 0.0286. The van der Waals surface area contributed by atoms with Crippen LogP contribution in [-0.2, 0) is 27.8 Å². The number of hydrogen-bond donors (Lipinski definition) is 0. The van der Waals surface area contributed by atoms with Crippen LogP contribution in [0.3, 0.4) is 0 Å². The van der Waals surface area contributed by atoms with E-state index in [-0.39, 0.29) is 11.8 Å². The van der Waals surface area contributed by atoms with Crippen LogP contribution in [0.2, 0.25) is 5.15 Å². The van der Waals surface area contributed by atoms with Gasteiger partial charge in [-0.3, -0.25) is 4.31 Å². The van der Waals surface area contributed by atoms with Crippen molar-refractivity contribution in [3.8, 4) is 5.75 Å². The van der Waals surface area contributed by atoms with Crippen LogP contribution in [0.15, 0.2) is 42.5 Å². The molecular formula is C21H19ClN2O5S. The summed E-state index contributed by atoms with van der Waals surface area (Å²) in [6.45, 7) is 0.342. The number of hydrogen-bond acceptors (Lipinski definition) is 6. The number of pyridine rings is 1. The lowest BCUT2D eigenvalue weighted by atomic mass is 10.1. The fourth-order valence-electron chi connectivity index (χ4n) is 3.46. The smallest absolute Gasteiger partial charge is 0.338 e. The number of nitrogens with zero attached hydrogens (tertiary/aromatic N) is 2. The Morgan fingerprint density at radius 3 is 2.73 bits per heavy atom. The molecule has 0 bridgehead atoms. The highest BCUT2D eigenvalue weighted by Crippen LogP contribution is 2.31. The minimum Gasteiger partial charge on any atom is -0.497 e. The molecule has 0 unspecified atom stereocenters. The summed E-state index contributed by atoms with van der Waals surface area (Å²) in [4.78, 5) is 16.9. The van der Waals surface area contributed by atoms with E-state index in [4.69, 9.17) is 21.1 Å². The zero-order valence-corrected chi connectivity index (χ0v) is 18.0. The molecule has 9 heteroatoms. The van der Waals surface area contributed by atoms with Gasteiger partial charge in [0.15, 0.2) is 0 Å². The Bertz CT molecular complexity index is 1260. The number of methoxy groups -OCH3 is 1. The average Bonchev–Trinajstić information content (AvgIpc) is 3.15. The number of anilines is 1. The molecule has 4 rings (SSSR count). The van der Waals surface area contributed by atoms with Gasteiger partial charge >= 0.3 is 5.97 Å². The Kier molecular flexibility index (Phi) is 5.29. The van der Waals surface area contributed by atoms with Gasteiger partial charge in [0, 0.05) is 23.6 Å². The van der Waals surface area contributed by atoms with Crippen molar-refractivity contribution in [3.05, 3.63) is 64.3 Å². The van der Waals surface area contributed by atoms with Crippen molar-refractivity contribution in [2.45, 2.75) is 13.0 Å². The van der Waals surface area contributed by atoms with Crippen LogP contribution in [0.4, 0.5) is 5.69 Å². The van der Waals surface area contributed by atoms with Crippen LogP contribution in [0.1, 0.15) is 21.5 Å². The summed E-state index contributed by atoms with van der Waals surface area (Å²) in [5, 5.41) is 1.10. The number of rotatable bonds is 5. The van der Waals surface area contributed by atoms with Crippen molar-refractivity contribution in [2.24, 2.45) is 0 Å². The number of carbonyl (C=O) groups excluding carboxylic acids is 1. The monoisotopic (exact) mass is 446 g/mol. The first-order valence-electron chi connectivity index (χ1n) is 9.17. The molecule has 2 heterocycles. The van der Waals surface area contributed by atoms with Gasteiger partial charge < -0.3 is 9.47 Å². The topological polar surface area (TPSA) is 85.8 Å². The van der Waals surface area contributed by atoms with Crippen LogP contribution in [0.25, 0.3) is 10.9 Å². The molecule has 0 N–H and O–H groups in total. The van der Waals surface area contributed by atoms with Gasteiger partial charge in [-0.05, 0) is 48.4 Å². The molecular weight excluding hydrogens is 428 g/mol. The SMILES string of the molecule is COc1ccc2cc(COC(=O)c3ccc4c(c3)CCN4S(C)(=O)=O)c(Cl)nc2c1. The van der Waals surface area contributed by atoms with E-state index < -0.39 is 16.0 Å². The van der Waals surface area contributed by atoms with Crippen molar-refractivity contribution in [3.63, 3.8) is 0 Å². The van der Waals surface area contributed by atoms with Crippen LogP contribution in [-0.4, -0.2) is 39.3 Å². The molecule has 0 spiro atoms. The molecule has 0 saturated heterocycles. The van der Waals surface area contributed by atoms with Gasteiger partial charge in [0.1, 0.15) is 17.5 Å². The van der Waals surface area contributed by atoms with E-state index in [0.717, 1.165) is 10.9 Å². The van der Waals surface area contributed by atoms with Gasteiger partial charge in [0.05, 0.1) is 30.1 Å². The molecule has 156 valence electrons. The number of fused-ring (bicyclic) bond motifs is 2. The van der Waals surface area contributed by atoms with E-state index in [2.05, 4.69) is 4.98 Å². The van der Waals surface area contributed by atoms with E-state index in [9.17, 15) is 13.2 Å². The molecule has 0 radical (unpaired) electrons. The number of esters is 1. The Morgan fingerprint density at radius 2 is 2.00 bits per heavy atom. The highest BCUT2D eigenvalue weighted by atomic mass is 35.5. The normalized spacial score (nSPS) is 13.4. The highest BCUT2D eigenvalue weighted by molar-refractivity contribution is 7.92. The summed E-state index contributed by atoms with van der Waals surface area (Å²) in [5.74, 6) is 0.165. The van der Waals surface area contributed by atoms with E-state index in [0.29, 0.717) is 41.0 Å². The fraction of sp³-hybridized carbons (Fsp3) is 0.238. The van der Waals surface area contributed by atoms with Gasteiger partial charge in [-0.1, -0.05) is 11.6 Å². The molecule has 3 aromatic rings. The summed E-state index contributed by atoms with van der Waals surface area (Å²) in [7, 11) is -1.76. The molecule has 7 nitrogen and oxygen atoms in total. The zero-order chi connectivity index (χ0) is 21.5. The first-order chi connectivity index (χ1) is 14.3. The maximum absolute atomic E-state index is 12.5. The summed E-state index contributed by atoms with van der Waals surface area (Å²) in [6.07, 6.45) is 1.72. The lowest BCUT2D eigenvalue weighted by Crippen LogP contribution is -2.27. The van der Waals surface area contributed by atoms with Gasteiger partial charge in [0.25, 0.3) is 0 Å². The second-order valence-electron chi connectivity index (χ2n) is 7.00. The zero-order valence-electron chi connectivity index (χ0n) is 16.4. The molecule has 0 aliphatic carbocycles. The van der Waals surface area contributed by atoms with E-state index >= 15 is 0 Å². The summed E-state index contributed by atoms with van der Waals surface area (Å²) in [6, 6.07) is 12.2. The third-order valence-corrected chi connectivity index (χ3v) is 6.49. The second kappa shape index (κ2) is 7.77. The van der Waals surface area contributed by atoms with Gasteiger partial charge in [-0.15, -0.1) is 0 Å². The third kappa shape index (κ3) is 3.93. The predicted molar refractivity (Wildman–Crippen MR) is 115 cm³/mol. The Hall–Kier alpha value is -2.84. The Balaban J connectivity index is 1.51. The highest BCUT2D eigenvalue weighted by Gasteiger charge is 2.27. The maximum atomic E-state index is 12.5. The Labute approximate surface area is 179 Å². The van der Waals surface area contributed by atoms with Gasteiger partial charge in [0.2, 0.25) is 10.0 Å². The van der Waals surface area contributed by atoms with Crippen molar-refractivity contribution in [2.75, 3.05) is 24.2 Å². The van der Waals surface area contributed by atoms with E-state index in [1.54, 1.807) is 31.4 Å². The molecule has 0 saturated carbocycles. The van der Waals surface area contributed by atoms with E-state index in [1.807, 2.05) is 18.2 Å². The minimum atomic E-state index is -3.33. The molecule has 1 aromatic heterocycles. The van der Waals surface area contributed by atoms with E-state index in [1.165, 1.54) is 10.6 Å². The maximum Gasteiger partial charge on any atom is 0.338 e. The fourth-order valence-corrected chi connectivity index (χ4v) is 4.62. The van der Waals surface area contributed by atoms with Crippen LogP contribution < -0.4 is 9.04 Å². The second-order valence-corrected chi connectivity index (χ2v) is 9.27. The lowest BCUT2D eigenvalue weighted by molar-refractivity contribution is 0.0472. The van der Waals surface area contributed by atoms with Crippen molar-refractivity contribution in [1.29, 1.82) is 0 Å². The molecule has 0 amide bonds. The van der Waals surface area contributed by atoms with Crippen LogP contribution >= 0.6 is 11.6 Å². The summed E-state index contributed by atoms with van der Waals surface area (Å²) in [5.41, 5.74) is 3.04. The number of benzene rings is 2. The van der Waals surface area contributed by atoms with Crippen molar-refractivity contribution in [1.82, 2.24) is 4.98 Å². The number of ether oxygens (including phenoxy) is 2. The average molecular weight is 447 g/mol. The molecule has 2 aromatic carbocycles. The molecule has 0 atom stereocenters. The standard InChI is InChI=1S/C21H19ClN2O5S/c1-28-17-5-3-13-9-16(20(22)23-18(13)11-17)12-29-21(25)15-4-6-19-14(10-15)7-8-24(19)30(2,26)27/h3-6,9-11H,7-8,12H2,1-2H3. The summed E-state index contributed by atoms with van der Waals surface area (Å²) >= 11 is 6.26. The Morgan fingerprint density at radius 1 is 1.20 bits per heavy atom. The van der Waals surface area contributed by atoms with Crippen molar-refractivity contribution >= 4 is 44.2 Å². The number of aromatic nitrogens is 1. The number of sulfonamides is 1. The van der Waals surface area contributed by atoms with Gasteiger partial charge in [-0.25, -0.2) is 18.2 Å². The first kappa shape index (κ1) is 20.4. The number of carbonyl (C=O) groups is 1. The number of halogens is 1. The predicted octanol–water partition coefficient (Wildman–Crippen LogP) is 3.58. The van der Waals surface area contributed by atoms with Crippen molar-refractivity contribution < 1.29 is 22.7 Å². The quantitative estimate of drug-likeness (QED) is 0.440. The van der Waals surface area contributed by atoms with Crippen LogP contribution in [0, 0.1) is 0 Å². The summed E-state index contributed by atoms with van der Waals surface area (Å²) < 4.78 is 35.6. The molecule has 1 aliphatic heterocycles. The van der Waals surface area contributed by atoms with Crippen LogP contribution in [0.5, 0.6) is 5.75 Å². The largest absolute Gasteiger partial charge is 0.497 e. The molecule has 30 heavy (non-hydrogen) atoms. The third-order valence-electron chi connectivity index (χ3n) is 4.98. The van der Waals surface area contributed by atoms with Gasteiger partial charge in [-0.2, -0.15) is 0 Å². The first-order valence-corrected chi connectivity index (χ1v) is 11.4. The molecule has 0 fully saturated rings.